The standard InChI is InChI=1S/C16H26N4O2/c1-3-12(4-2)19-16(21)20-13-5-7-14(8-6-13)22-15-11-17-9-10-18-15/h9-14H,3-8H2,1-2H3,(H2,19,20,21). The number of nitrogens with zero attached hydrogens (tertiary/aromatic N) is 2. The minimum Gasteiger partial charge on any atom is -0.473 e. The normalized spacial score (nSPS) is 21.4. The zero-order chi connectivity index (χ0) is 15.8. The molecule has 2 rings (SSSR count). The van der Waals surface area contributed by atoms with Crippen LogP contribution < -0.4 is 15.4 Å². The fourth-order valence-corrected chi connectivity index (χ4v) is 2.75. The molecule has 0 unspecified atom stereocenters. The molecule has 0 aromatic carbocycles. The summed E-state index contributed by atoms with van der Waals surface area (Å²) in [6.07, 6.45) is 10.7. The van der Waals surface area contributed by atoms with Gasteiger partial charge in [0.05, 0.1) is 6.20 Å². The summed E-state index contributed by atoms with van der Waals surface area (Å²) in [5, 5.41) is 6.08. The second-order valence-electron chi connectivity index (χ2n) is 5.77. The summed E-state index contributed by atoms with van der Waals surface area (Å²) in [7, 11) is 0. The number of aromatic nitrogens is 2. The van der Waals surface area contributed by atoms with Gasteiger partial charge in [-0.2, -0.15) is 0 Å². The molecule has 1 fully saturated rings. The van der Waals surface area contributed by atoms with Gasteiger partial charge in [0.2, 0.25) is 5.88 Å². The molecule has 0 saturated heterocycles. The molecule has 122 valence electrons. The zero-order valence-corrected chi connectivity index (χ0v) is 13.4. The van der Waals surface area contributed by atoms with Crippen LogP contribution in [0.3, 0.4) is 0 Å². The molecule has 1 saturated carbocycles. The predicted octanol–water partition coefficient (Wildman–Crippen LogP) is 2.65. The smallest absolute Gasteiger partial charge is 0.315 e. The SMILES string of the molecule is CCC(CC)NC(=O)NC1CCC(Oc2cnccn2)CC1. The number of rotatable bonds is 6. The van der Waals surface area contributed by atoms with Gasteiger partial charge in [0, 0.05) is 24.5 Å². The third-order valence-electron chi connectivity index (χ3n) is 4.16. The minimum atomic E-state index is -0.0491. The number of ether oxygens (including phenoxy) is 1. The first-order valence-corrected chi connectivity index (χ1v) is 8.21. The lowest BCUT2D eigenvalue weighted by Crippen LogP contribution is -2.47. The van der Waals surface area contributed by atoms with E-state index in [0.717, 1.165) is 38.5 Å². The van der Waals surface area contributed by atoms with Gasteiger partial charge in [-0.15, -0.1) is 0 Å². The molecule has 1 aromatic heterocycles. The van der Waals surface area contributed by atoms with Gasteiger partial charge in [-0.25, -0.2) is 9.78 Å². The fraction of sp³-hybridized carbons (Fsp3) is 0.688. The van der Waals surface area contributed by atoms with Crippen LogP contribution in [0.25, 0.3) is 0 Å². The number of hydrogen-bond acceptors (Lipinski definition) is 4. The van der Waals surface area contributed by atoms with Crippen molar-refractivity contribution in [2.75, 3.05) is 0 Å². The van der Waals surface area contributed by atoms with Gasteiger partial charge < -0.3 is 15.4 Å². The molecule has 2 amide bonds. The molecule has 22 heavy (non-hydrogen) atoms. The highest BCUT2D eigenvalue weighted by Gasteiger charge is 2.24. The lowest BCUT2D eigenvalue weighted by atomic mass is 9.93. The molecular weight excluding hydrogens is 280 g/mol. The van der Waals surface area contributed by atoms with Gasteiger partial charge >= 0.3 is 6.03 Å². The number of carbonyl (C=O) groups is 1. The fourth-order valence-electron chi connectivity index (χ4n) is 2.75. The lowest BCUT2D eigenvalue weighted by molar-refractivity contribution is 0.134. The van der Waals surface area contributed by atoms with E-state index in [1.54, 1.807) is 18.6 Å². The van der Waals surface area contributed by atoms with Crippen molar-refractivity contribution in [2.45, 2.75) is 70.6 Å². The molecule has 1 aliphatic carbocycles. The molecule has 0 bridgehead atoms. The van der Waals surface area contributed by atoms with Crippen molar-refractivity contribution in [1.29, 1.82) is 0 Å². The van der Waals surface area contributed by atoms with Crippen molar-refractivity contribution in [2.24, 2.45) is 0 Å². The Balaban J connectivity index is 1.69. The lowest BCUT2D eigenvalue weighted by Gasteiger charge is -2.29. The highest BCUT2D eigenvalue weighted by molar-refractivity contribution is 5.74. The van der Waals surface area contributed by atoms with E-state index in [0.29, 0.717) is 5.88 Å². The van der Waals surface area contributed by atoms with Gasteiger partial charge in [-0.1, -0.05) is 13.8 Å². The molecule has 1 aromatic rings. The number of nitrogens with one attached hydrogen (secondary N) is 2. The van der Waals surface area contributed by atoms with E-state index in [1.165, 1.54) is 0 Å². The van der Waals surface area contributed by atoms with E-state index in [9.17, 15) is 4.79 Å². The third-order valence-corrected chi connectivity index (χ3v) is 4.16. The molecule has 6 heteroatoms. The zero-order valence-electron chi connectivity index (χ0n) is 13.4. The van der Waals surface area contributed by atoms with Crippen LogP contribution in [0.5, 0.6) is 5.88 Å². The molecule has 1 heterocycles. The van der Waals surface area contributed by atoms with Crippen molar-refractivity contribution in [3.63, 3.8) is 0 Å². The maximum absolute atomic E-state index is 11.9. The number of hydrogen-bond donors (Lipinski definition) is 2. The summed E-state index contributed by atoms with van der Waals surface area (Å²) < 4.78 is 5.81. The Kier molecular flexibility index (Phi) is 6.43. The Morgan fingerprint density at radius 3 is 2.59 bits per heavy atom. The van der Waals surface area contributed by atoms with Crippen LogP contribution in [0.1, 0.15) is 52.4 Å². The monoisotopic (exact) mass is 306 g/mol. The van der Waals surface area contributed by atoms with E-state index in [-0.39, 0.29) is 24.2 Å². The Morgan fingerprint density at radius 2 is 2.00 bits per heavy atom. The first-order chi connectivity index (χ1) is 10.7. The van der Waals surface area contributed by atoms with Crippen molar-refractivity contribution in [3.05, 3.63) is 18.6 Å². The minimum absolute atomic E-state index is 0.0491. The molecule has 0 atom stereocenters. The topological polar surface area (TPSA) is 76.1 Å². The largest absolute Gasteiger partial charge is 0.473 e. The first kappa shape index (κ1) is 16.5. The molecular formula is C16H26N4O2. The quantitative estimate of drug-likeness (QED) is 0.847. The molecule has 0 spiro atoms. The van der Waals surface area contributed by atoms with Crippen molar-refractivity contribution in [1.82, 2.24) is 20.6 Å². The van der Waals surface area contributed by atoms with Gasteiger partial charge in [0.1, 0.15) is 6.10 Å². The van der Waals surface area contributed by atoms with E-state index in [2.05, 4.69) is 34.4 Å². The Morgan fingerprint density at radius 1 is 1.27 bits per heavy atom. The Bertz CT molecular complexity index is 443. The van der Waals surface area contributed by atoms with Gasteiger partial charge in [0.25, 0.3) is 0 Å². The van der Waals surface area contributed by atoms with E-state index in [1.807, 2.05) is 0 Å². The Labute approximate surface area is 132 Å². The second kappa shape index (κ2) is 8.56. The highest BCUT2D eigenvalue weighted by atomic mass is 16.5. The van der Waals surface area contributed by atoms with Gasteiger partial charge in [-0.05, 0) is 38.5 Å². The van der Waals surface area contributed by atoms with Crippen LogP contribution in [0, 0.1) is 0 Å². The van der Waals surface area contributed by atoms with Crippen LogP contribution in [0.4, 0.5) is 4.79 Å². The summed E-state index contributed by atoms with van der Waals surface area (Å²) in [4.78, 5) is 20.1. The summed E-state index contributed by atoms with van der Waals surface area (Å²) in [6, 6.07) is 0.444. The maximum atomic E-state index is 11.9. The maximum Gasteiger partial charge on any atom is 0.315 e. The van der Waals surface area contributed by atoms with E-state index >= 15 is 0 Å². The Hall–Kier alpha value is -1.85. The average molecular weight is 306 g/mol. The summed E-state index contributed by atoms with van der Waals surface area (Å²) in [6.45, 7) is 4.17. The third kappa shape index (κ3) is 5.16. The second-order valence-corrected chi connectivity index (χ2v) is 5.77. The number of carbonyl (C=O) groups excluding carboxylic acids is 1. The van der Waals surface area contributed by atoms with Crippen LogP contribution in [-0.2, 0) is 0 Å². The molecule has 2 N–H and O–H groups in total. The summed E-state index contributed by atoms with van der Waals surface area (Å²) in [5.41, 5.74) is 0. The number of urea groups is 1. The van der Waals surface area contributed by atoms with Gasteiger partial charge in [0.15, 0.2) is 0 Å². The molecule has 1 aliphatic rings. The van der Waals surface area contributed by atoms with E-state index < -0.39 is 0 Å². The first-order valence-electron chi connectivity index (χ1n) is 8.21. The summed E-state index contributed by atoms with van der Waals surface area (Å²) in [5.74, 6) is 0.574. The van der Waals surface area contributed by atoms with Crippen molar-refractivity contribution >= 4 is 6.03 Å². The molecule has 0 radical (unpaired) electrons. The average Bonchev–Trinajstić information content (AvgIpc) is 2.55. The van der Waals surface area contributed by atoms with Crippen LogP contribution in [0.2, 0.25) is 0 Å². The van der Waals surface area contributed by atoms with Crippen LogP contribution in [0.15, 0.2) is 18.6 Å². The number of amides is 2. The summed E-state index contributed by atoms with van der Waals surface area (Å²) >= 11 is 0. The molecule has 6 nitrogen and oxygen atoms in total. The van der Waals surface area contributed by atoms with Gasteiger partial charge in [-0.3, -0.25) is 4.98 Å². The van der Waals surface area contributed by atoms with Crippen molar-refractivity contribution in [3.8, 4) is 5.88 Å². The highest BCUT2D eigenvalue weighted by Crippen LogP contribution is 2.22. The predicted molar refractivity (Wildman–Crippen MR) is 84.7 cm³/mol. The van der Waals surface area contributed by atoms with E-state index in [4.69, 9.17) is 4.74 Å². The molecule has 0 aliphatic heterocycles. The van der Waals surface area contributed by atoms with Crippen LogP contribution in [-0.4, -0.2) is 34.2 Å². The van der Waals surface area contributed by atoms with Crippen molar-refractivity contribution < 1.29 is 9.53 Å². The van der Waals surface area contributed by atoms with Crippen LogP contribution >= 0.6 is 0 Å².